The number of carbonyl (C=O) groups excluding carboxylic acids is 3. The largest absolute Gasteiger partial charge is 0.348 e. The quantitative estimate of drug-likeness (QED) is 0.736. The van der Waals surface area contributed by atoms with Gasteiger partial charge in [0.1, 0.15) is 23.7 Å². The van der Waals surface area contributed by atoms with E-state index in [0.29, 0.717) is 4.90 Å². The molecular formula is C22H23F2N3O3. The normalized spacial score (nSPS) is 19.6. The van der Waals surface area contributed by atoms with Crippen LogP contribution in [0.5, 0.6) is 0 Å². The molecule has 0 aromatic heterocycles. The highest BCUT2D eigenvalue weighted by Gasteiger charge is 2.50. The van der Waals surface area contributed by atoms with Crippen molar-refractivity contribution >= 4 is 17.8 Å². The maximum Gasteiger partial charge on any atom is 0.325 e. The van der Waals surface area contributed by atoms with E-state index in [1.165, 1.54) is 6.92 Å². The first-order chi connectivity index (χ1) is 14.0. The molecule has 30 heavy (non-hydrogen) atoms. The summed E-state index contributed by atoms with van der Waals surface area (Å²) < 4.78 is 27.8. The number of hydrogen-bond acceptors (Lipinski definition) is 3. The van der Waals surface area contributed by atoms with Crippen molar-refractivity contribution in [1.29, 1.82) is 0 Å². The van der Waals surface area contributed by atoms with Crippen LogP contribution in [-0.4, -0.2) is 29.3 Å². The van der Waals surface area contributed by atoms with Crippen molar-refractivity contribution in [1.82, 2.24) is 15.5 Å². The summed E-state index contributed by atoms with van der Waals surface area (Å²) in [4.78, 5) is 38.4. The summed E-state index contributed by atoms with van der Waals surface area (Å²) in [5.41, 5.74) is 0.988. The van der Waals surface area contributed by atoms with Crippen LogP contribution < -0.4 is 10.6 Å². The summed E-state index contributed by atoms with van der Waals surface area (Å²) in [5.74, 6) is -2.95. The zero-order chi connectivity index (χ0) is 22.2. The molecule has 2 aromatic rings. The lowest BCUT2D eigenvalue weighted by Crippen LogP contribution is -2.44. The second kappa shape index (κ2) is 7.85. The van der Waals surface area contributed by atoms with Gasteiger partial charge < -0.3 is 10.6 Å². The molecule has 0 bridgehead atoms. The van der Waals surface area contributed by atoms with Crippen LogP contribution in [0.25, 0.3) is 0 Å². The molecule has 1 aliphatic heterocycles. The third-order valence-electron chi connectivity index (χ3n) is 5.45. The first kappa shape index (κ1) is 21.4. The molecule has 3 rings (SSSR count). The van der Waals surface area contributed by atoms with Crippen molar-refractivity contribution in [2.45, 2.75) is 39.3 Å². The Kier molecular flexibility index (Phi) is 5.61. The van der Waals surface area contributed by atoms with E-state index in [1.807, 2.05) is 32.0 Å². The lowest BCUT2D eigenvalue weighted by atomic mass is 9.91. The van der Waals surface area contributed by atoms with Gasteiger partial charge in [-0.1, -0.05) is 18.2 Å². The van der Waals surface area contributed by atoms with E-state index in [0.717, 1.165) is 34.9 Å². The second-order valence-electron chi connectivity index (χ2n) is 7.70. The molecule has 0 radical (unpaired) electrons. The van der Waals surface area contributed by atoms with Crippen molar-refractivity contribution in [2.24, 2.45) is 0 Å². The van der Waals surface area contributed by atoms with Crippen LogP contribution in [0, 0.1) is 25.5 Å². The maximum absolute atomic E-state index is 14.2. The minimum Gasteiger partial charge on any atom is -0.348 e. The van der Waals surface area contributed by atoms with Gasteiger partial charge in [0.15, 0.2) is 0 Å². The van der Waals surface area contributed by atoms with E-state index in [4.69, 9.17) is 0 Å². The van der Waals surface area contributed by atoms with Gasteiger partial charge in [0.25, 0.3) is 5.91 Å². The molecule has 1 heterocycles. The molecule has 0 spiro atoms. The summed E-state index contributed by atoms with van der Waals surface area (Å²) >= 11 is 0. The van der Waals surface area contributed by atoms with Gasteiger partial charge in [0.05, 0.1) is 6.04 Å². The molecule has 2 aromatic carbocycles. The smallest absolute Gasteiger partial charge is 0.325 e. The van der Waals surface area contributed by atoms with Crippen molar-refractivity contribution in [2.75, 3.05) is 6.54 Å². The predicted octanol–water partition coefficient (Wildman–Crippen LogP) is 3.23. The van der Waals surface area contributed by atoms with Crippen LogP contribution in [0.1, 0.15) is 42.1 Å². The summed E-state index contributed by atoms with van der Waals surface area (Å²) in [6.45, 7) is 6.48. The molecule has 1 fully saturated rings. The first-order valence-corrected chi connectivity index (χ1v) is 9.49. The van der Waals surface area contributed by atoms with E-state index >= 15 is 0 Å². The number of aryl methyl sites for hydroxylation is 2. The van der Waals surface area contributed by atoms with Gasteiger partial charge in [-0.15, -0.1) is 0 Å². The highest BCUT2D eigenvalue weighted by molar-refractivity contribution is 6.09. The molecule has 158 valence electrons. The fourth-order valence-electron chi connectivity index (χ4n) is 3.45. The van der Waals surface area contributed by atoms with Crippen LogP contribution in [-0.2, 0) is 15.1 Å². The fraction of sp³-hybridized carbons (Fsp3) is 0.318. The number of amides is 4. The first-order valence-electron chi connectivity index (χ1n) is 9.49. The van der Waals surface area contributed by atoms with Gasteiger partial charge in [0.2, 0.25) is 5.91 Å². The standard InChI is InChI=1S/C22H23F2N3O3/c1-12-5-6-15(9-13(12)2)14(3)25-19(28)11-27-20(29)22(4,26-21(27)30)17-10-16(23)7-8-18(17)24/h5-10,14H,11H2,1-4H3,(H,25,28)(H,26,30)/t14-,22-/m1/s1. The van der Waals surface area contributed by atoms with Crippen molar-refractivity contribution < 1.29 is 23.2 Å². The number of nitrogens with zero attached hydrogens (tertiary/aromatic N) is 1. The lowest BCUT2D eigenvalue weighted by molar-refractivity contribution is -0.135. The summed E-state index contributed by atoms with van der Waals surface area (Å²) in [7, 11) is 0. The van der Waals surface area contributed by atoms with E-state index in [9.17, 15) is 23.2 Å². The van der Waals surface area contributed by atoms with Gasteiger partial charge in [-0.2, -0.15) is 0 Å². The molecule has 0 saturated carbocycles. The summed E-state index contributed by atoms with van der Waals surface area (Å²) in [6.07, 6.45) is 0. The molecular weight excluding hydrogens is 392 g/mol. The third kappa shape index (κ3) is 3.90. The van der Waals surface area contributed by atoms with E-state index in [2.05, 4.69) is 10.6 Å². The van der Waals surface area contributed by atoms with Crippen LogP contribution in [0.4, 0.5) is 13.6 Å². The highest BCUT2D eigenvalue weighted by atomic mass is 19.1. The zero-order valence-electron chi connectivity index (χ0n) is 17.2. The Bertz CT molecular complexity index is 1040. The Morgan fingerprint density at radius 3 is 2.50 bits per heavy atom. The average molecular weight is 415 g/mol. The predicted molar refractivity (Wildman–Crippen MR) is 106 cm³/mol. The molecule has 2 atom stereocenters. The maximum atomic E-state index is 14.2. The SMILES string of the molecule is Cc1ccc([C@@H](C)NC(=O)CN2C(=O)N[C@](C)(c3cc(F)ccc3F)C2=O)cc1C. The van der Waals surface area contributed by atoms with Gasteiger partial charge in [-0.25, -0.2) is 13.6 Å². The monoisotopic (exact) mass is 415 g/mol. The van der Waals surface area contributed by atoms with Crippen LogP contribution in [0.15, 0.2) is 36.4 Å². The van der Waals surface area contributed by atoms with Gasteiger partial charge >= 0.3 is 6.03 Å². The number of carbonyl (C=O) groups is 3. The molecule has 0 aliphatic carbocycles. The van der Waals surface area contributed by atoms with Crippen LogP contribution in [0.3, 0.4) is 0 Å². The van der Waals surface area contributed by atoms with Crippen LogP contribution in [0.2, 0.25) is 0 Å². The van der Waals surface area contributed by atoms with Gasteiger partial charge in [-0.3, -0.25) is 14.5 Å². The molecule has 0 unspecified atom stereocenters. The Hall–Kier alpha value is -3.29. The van der Waals surface area contributed by atoms with Crippen LogP contribution >= 0.6 is 0 Å². The lowest BCUT2D eigenvalue weighted by Gasteiger charge is -2.23. The second-order valence-corrected chi connectivity index (χ2v) is 7.70. The minimum absolute atomic E-state index is 0.299. The number of imide groups is 1. The van der Waals surface area contributed by atoms with Crippen molar-refractivity contribution in [3.8, 4) is 0 Å². The number of halogens is 2. The van der Waals surface area contributed by atoms with Gasteiger partial charge in [-0.05, 0) is 62.6 Å². The number of hydrogen-bond donors (Lipinski definition) is 2. The van der Waals surface area contributed by atoms with E-state index in [1.54, 1.807) is 6.92 Å². The number of urea groups is 1. The molecule has 1 saturated heterocycles. The molecule has 4 amide bonds. The van der Waals surface area contributed by atoms with Gasteiger partial charge in [0, 0.05) is 5.56 Å². The molecule has 8 heteroatoms. The van der Waals surface area contributed by atoms with Crippen molar-refractivity contribution in [3.05, 3.63) is 70.3 Å². The van der Waals surface area contributed by atoms with E-state index in [-0.39, 0.29) is 11.6 Å². The Labute approximate surface area is 173 Å². The Balaban J connectivity index is 1.74. The Morgan fingerprint density at radius 1 is 1.13 bits per heavy atom. The fourth-order valence-corrected chi connectivity index (χ4v) is 3.45. The molecule has 2 N–H and O–H groups in total. The highest BCUT2D eigenvalue weighted by Crippen LogP contribution is 2.31. The third-order valence-corrected chi connectivity index (χ3v) is 5.45. The Morgan fingerprint density at radius 2 is 1.83 bits per heavy atom. The summed E-state index contributed by atoms with van der Waals surface area (Å²) in [5, 5.41) is 5.12. The topological polar surface area (TPSA) is 78.5 Å². The number of benzene rings is 2. The van der Waals surface area contributed by atoms with E-state index < -0.39 is 41.6 Å². The zero-order valence-corrected chi connectivity index (χ0v) is 17.2. The number of nitrogens with one attached hydrogen (secondary N) is 2. The molecule has 6 nitrogen and oxygen atoms in total. The molecule has 1 aliphatic rings. The summed E-state index contributed by atoms with van der Waals surface area (Å²) in [6, 6.07) is 7.27. The van der Waals surface area contributed by atoms with Crippen molar-refractivity contribution in [3.63, 3.8) is 0 Å². The average Bonchev–Trinajstić information content (AvgIpc) is 2.89. The minimum atomic E-state index is -1.80. The number of rotatable bonds is 5.